The van der Waals surface area contributed by atoms with Gasteiger partial charge in [0.15, 0.2) is 0 Å². The molecule has 0 unspecified atom stereocenters. The van der Waals surface area contributed by atoms with Crippen molar-refractivity contribution >= 4 is 22.8 Å². The van der Waals surface area contributed by atoms with E-state index in [1.165, 1.54) is 0 Å². The maximum Gasteiger partial charge on any atom is 0.269 e. The van der Waals surface area contributed by atoms with E-state index in [1.807, 2.05) is 43.0 Å². The summed E-state index contributed by atoms with van der Waals surface area (Å²) in [6, 6.07) is 17.2. The van der Waals surface area contributed by atoms with Crippen LogP contribution in [0.5, 0.6) is 0 Å². The van der Waals surface area contributed by atoms with E-state index in [2.05, 4.69) is 32.5 Å². The second kappa shape index (κ2) is 9.66. The highest BCUT2D eigenvalue weighted by Gasteiger charge is 2.34. The maximum absolute atomic E-state index is 13.4. The molecule has 2 aromatic heterocycles. The predicted octanol–water partition coefficient (Wildman–Crippen LogP) is 3.84. The molecular weight excluding hydrogens is 440 g/mol. The quantitative estimate of drug-likeness (QED) is 0.480. The highest BCUT2D eigenvalue weighted by atomic mass is 16.2. The molecule has 0 bridgehead atoms. The zero-order valence-electron chi connectivity index (χ0n) is 19.8. The van der Waals surface area contributed by atoms with Crippen LogP contribution in [0.2, 0.25) is 0 Å². The molecule has 5 rings (SSSR count). The summed E-state index contributed by atoms with van der Waals surface area (Å²) < 4.78 is 1.73. The molecule has 1 aliphatic rings. The summed E-state index contributed by atoms with van der Waals surface area (Å²) in [7, 11) is 0. The number of hydrogen-bond acceptors (Lipinski definition) is 5. The first-order valence-electron chi connectivity index (χ1n) is 11.9. The number of benzene rings is 2. The second-order valence-corrected chi connectivity index (χ2v) is 9.15. The van der Waals surface area contributed by atoms with Crippen LogP contribution in [0.15, 0.2) is 73.2 Å². The van der Waals surface area contributed by atoms with Gasteiger partial charge in [-0.25, -0.2) is 0 Å². The van der Waals surface area contributed by atoms with E-state index in [0.717, 1.165) is 11.1 Å². The van der Waals surface area contributed by atoms with Gasteiger partial charge in [0, 0.05) is 55.2 Å². The molecule has 4 aromatic rings. The minimum atomic E-state index is -0.144. The Bertz CT molecular complexity index is 1350. The number of hydrogen-bond donors (Lipinski definition) is 1. The lowest BCUT2D eigenvalue weighted by molar-refractivity contribution is 0.0670. The Morgan fingerprint density at radius 2 is 1.74 bits per heavy atom. The van der Waals surface area contributed by atoms with E-state index in [-0.39, 0.29) is 29.8 Å². The average molecular weight is 469 g/mol. The van der Waals surface area contributed by atoms with Crippen molar-refractivity contribution in [3.8, 4) is 0 Å². The van der Waals surface area contributed by atoms with Crippen molar-refractivity contribution in [1.82, 2.24) is 30.0 Å². The standard InChI is InChI=1S/C27H28N6O2/c1-18(2)33-25(10-12-30-33)26(34)31-22-11-15-32(17-21(22)19-6-4-3-5-7-19)27(35)20-8-9-23-24(16-20)29-14-13-28-23/h3-10,12-14,16,18,21-22H,11,15,17H2,1-2H3,(H,31,34)/t21-,22-/m1/s1. The molecule has 1 saturated heterocycles. The van der Waals surface area contributed by atoms with Gasteiger partial charge in [0.1, 0.15) is 5.69 Å². The van der Waals surface area contributed by atoms with Crippen LogP contribution in [0.1, 0.15) is 58.6 Å². The lowest BCUT2D eigenvalue weighted by Crippen LogP contribution is -2.51. The van der Waals surface area contributed by atoms with Gasteiger partial charge in [-0.1, -0.05) is 30.3 Å². The van der Waals surface area contributed by atoms with Crippen molar-refractivity contribution < 1.29 is 9.59 Å². The van der Waals surface area contributed by atoms with Crippen LogP contribution in [0.4, 0.5) is 0 Å². The monoisotopic (exact) mass is 468 g/mol. The van der Waals surface area contributed by atoms with Crippen molar-refractivity contribution in [2.75, 3.05) is 13.1 Å². The maximum atomic E-state index is 13.4. The smallest absolute Gasteiger partial charge is 0.269 e. The van der Waals surface area contributed by atoms with Gasteiger partial charge in [0.2, 0.25) is 0 Å². The number of piperidine rings is 1. The summed E-state index contributed by atoms with van der Waals surface area (Å²) in [6.45, 7) is 5.06. The number of nitrogens with zero attached hydrogens (tertiary/aromatic N) is 5. The molecule has 0 saturated carbocycles. The number of carbonyl (C=O) groups excluding carboxylic acids is 2. The van der Waals surface area contributed by atoms with Gasteiger partial charge >= 0.3 is 0 Å². The number of fused-ring (bicyclic) bond motifs is 1. The number of carbonyl (C=O) groups is 2. The number of rotatable bonds is 5. The van der Waals surface area contributed by atoms with Gasteiger partial charge < -0.3 is 10.2 Å². The van der Waals surface area contributed by atoms with E-state index in [9.17, 15) is 9.59 Å². The highest BCUT2D eigenvalue weighted by Crippen LogP contribution is 2.29. The zero-order chi connectivity index (χ0) is 24.4. The van der Waals surface area contributed by atoms with Gasteiger partial charge in [-0.2, -0.15) is 5.10 Å². The number of nitrogens with one attached hydrogen (secondary N) is 1. The first-order valence-corrected chi connectivity index (χ1v) is 11.9. The van der Waals surface area contributed by atoms with E-state index in [4.69, 9.17) is 0 Å². The summed E-state index contributed by atoms with van der Waals surface area (Å²) in [4.78, 5) is 37.1. The molecule has 0 spiro atoms. The topological polar surface area (TPSA) is 93.0 Å². The van der Waals surface area contributed by atoms with Crippen molar-refractivity contribution in [2.24, 2.45) is 0 Å². The van der Waals surface area contributed by atoms with E-state index >= 15 is 0 Å². The van der Waals surface area contributed by atoms with Crippen molar-refractivity contribution in [3.63, 3.8) is 0 Å². The Kier molecular flexibility index (Phi) is 6.27. The van der Waals surface area contributed by atoms with Crippen LogP contribution in [0.3, 0.4) is 0 Å². The number of amides is 2. The summed E-state index contributed by atoms with van der Waals surface area (Å²) in [5, 5.41) is 7.52. The number of likely N-dealkylation sites (tertiary alicyclic amines) is 1. The Hall–Kier alpha value is -4.07. The molecular formula is C27H28N6O2. The van der Waals surface area contributed by atoms with Crippen LogP contribution in [-0.4, -0.2) is 55.6 Å². The molecule has 8 nitrogen and oxygen atoms in total. The third-order valence-corrected chi connectivity index (χ3v) is 6.55. The fourth-order valence-corrected chi connectivity index (χ4v) is 4.77. The van der Waals surface area contributed by atoms with Crippen molar-refractivity contribution in [3.05, 3.63) is 90.0 Å². The SMILES string of the molecule is CC(C)n1nccc1C(=O)N[C@@H]1CCN(C(=O)c2ccc3nccnc3c2)C[C@@H]1c1ccccc1. The van der Waals surface area contributed by atoms with E-state index in [1.54, 1.807) is 41.5 Å². The molecule has 1 N–H and O–H groups in total. The molecule has 2 amide bonds. The summed E-state index contributed by atoms with van der Waals surface area (Å²) in [5.74, 6) is -0.218. The Morgan fingerprint density at radius 1 is 0.971 bits per heavy atom. The predicted molar refractivity (Wildman–Crippen MR) is 133 cm³/mol. The van der Waals surface area contributed by atoms with Crippen LogP contribution in [0.25, 0.3) is 11.0 Å². The van der Waals surface area contributed by atoms with Crippen LogP contribution >= 0.6 is 0 Å². The Morgan fingerprint density at radius 3 is 2.51 bits per heavy atom. The summed E-state index contributed by atoms with van der Waals surface area (Å²) in [6.07, 6.45) is 5.57. The van der Waals surface area contributed by atoms with Crippen LogP contribution in [-0.2, 0) is 0 Å². The minimum Gasteiger partial charge on any atom is -0.347 e. The molecule has 178 valence electrons. The third-order valence-electron chi connectivity index (χ3n) is 6.55. The highest BCUT2D eigenvalue weighted by molar-refractivity contribution is 5.97. The minimum absolute atomic E-state index is 0.0338. The molecule has 8 heteroatoms. The number of aromatic nitrogens is 4. The summed E-state index contributed by atoms with van der Waals surface area (Å²) in [5.41, 5.74) is 3.68. The van der Waals surface area contributed by atoms with E-state index in [0.29, 0.717) is 36.3 Å². The Balaban J connectivity index is 1.38. The van der Waals surface area contributed by atoms with Crippen molar-refractivity contribution in [1.29, 1.82) is 0 Å². The van der Waals surface area contributed by atoms with Gasteiger partial charge in [-0.3, -0.25) is 24.2 Å². The molecule has 1 aliphatic heterocycles. The molecule has 3 heterocycles. The zero-order valence-corrected chi connectivity index (χ0v) is 19.8. The van der Waals surface area contributed by atoms with Gasteiger partial charge in [-0.15, -0.1) is 0 Å². The summed E-state index contributed by atoms with van der Waals surface area (Å²) >= 11 is 0. The van der Waals surface area contributed by atoms with Crippen molar-refractivity contribution in [2.45, 2.75) is 38.3 Å². The lowest BCUT2D eigenvalue weighted by Gasteiger charge is -2.39. The normalized spacial score (nSPS) is 18.1. The van der Waals surface area contributed by atoms with Gasteiger partial charge in [0.25, 0.3) is 11.8 Å². The van der Waals surface area contributed by atoms with Gasteiger partial charge in [-0.05, 0) is 50.1 Å². The third kappa shape index (κ3) is 4.64. The van der Waals surface area contributed by atoms with Crippen LogP contribution in [0, 0.1) is 0 Å². The van der Waals surface area contributed by atoms with Crippen LogP contribution < -0.4 is 5.32 Å². The van der Waals surface area contributed by atoms with Gasteiger partial charge in [0.05, 0.1) is 11.0 Å². The molecule has 35 heavy (non-hydrogen) atoms. The first kappa shape index (κ1) is 22.7. The van der Waals surface area contributed by atoms with E-state index < -0.39 is 0 Å². The second-order valence-electron chi connectivity index (χ2n) is 9.15. The lowest BCUT2D eigenvalue weighted by atomic mass is 9.85. The molecule has 0 aliphatic carbocycles. The fraction of sp³-hybridized carbons (Fsp3) is 0.296. The largest absolute Gasteiger partial charge is 0.347 e. The fourth-order valence-electron chi connectivity index (χ4n) is 4.77. The Labute approximate surface area is 204 Å². The first-order chi connectivity index (χ1) is 17.0. The average Bonchev–Trinajstić information content (AvgIpc) is 3.39. The molecule has 2 atom stereocenters. The molecule has 1 fully saturated rings. The molecule has 0 radical (unpaired) electrons. The molecule has 2 aromatic carbocycles.